The van der Waals surface area contributed by atoms with Crippen LogP contribution >= 0.6 is 0 Å². The summed E-state index contributed by atoms with van der Waals surface area (Å²) < 4.78 is 11.7. The SMILES string of the molecule is CC(C)(C)C1NCC2(CCN(C(=O)OCc3ccccc3)CC2)O1. The van der Waals surface area contributed by atoms with Gasteiger partial charge in [0, 0.05) is 25.0 Å². The van der Waals surface area contributed by atoms with Crippen LogP contribution in [-0.2, 0) is 16.1 Å². The van der Waals surface area contributed by atoms with Crippen molar-refractivity contribution >= 4 is 6.09 Å². The molecule has 0 saturated carbocycles. The minimum absolute atomic E-state index is 0.0779. The number of nitrogens with one attached hydrogen (secondary N) is 1. The number of hydrogen-bond donors (Lipinski definition) is 1. The molecule has 1 N–H and O–H groups in total. The fourth-order valence-corrected chi connectivity index (χ4v) is 3.30. The second kappa shape index (κ2) is 6.73. The van der Waals surface area contributed by atoms with Crippen molar-refractivity contribution in [3.8, 4) is 0 Å². The Morgan fingerprint density at radius 2 is 1.96 bits per heavy atom. The van der Waals surface area contributed by atoms with Gasteiger partial charge in [-0.05, 0) is 18.4 Å². The molecule has 2 aliphatic heterocycles. The largest absolute Gasteiger partial charge is 0.445 e. The summed E-state index contributed by atoms with van der Waals surface area (Å²) in [6.07, 6.45) is 1.56. The van der Waals surface area contributed by atoms with Crippen molar-refractivity contribution in [1.82, 2.24) is 10.2 Å². The molecule has 0 aliphatic carbocycles. The van der Waals surface area contributed by atoms with E-state index in [1.807, 2.05) is 30.3 Å². The van der Waals surface area contributed by atoms with Crippen molar-refractivity contribution in [1.29, 1.82) is 0 Å². The number of amides is 1. The molecule has 1 unspecified atom stereocenters. The van der Waals surface area contributed by atoms with Crippen LogP contribution in [0.2, 0.25) is 0 Å². The molecule has 1 atom stereocenters. The highest BCUT2D eigenvalue weighted by atomic mass is 16.6. The summed E-state index contributed by atoms with van der Waals surface area (Å²) >= 11 is 0. The van der Waals surface area contributed by atoms with Gasteiger partial charge in [0.1, 0.15) is 12.8 Å². The predicted molar refractivity (Wildman–Crippen MR) is 92.5 cm³/mol. The van der Waals surface area contributed by atoms with Crippen LogP contribution in [0.15, 0.2) is 30.3 Å². The molecule has 0 aromatic heterocycles. The van der Waals surface area contributed by atoms with Gasteiger partial charge in [0.05, 0.1) is 5.60 Å². The van der Waals surface area contributed by atoms with Crippen molar-refractivity contribution in [2.45, 2.75) is 52.0 Å². The molecule has 1 aromatic rings. The summed E-state index contributed by atoms with van der Waals surface area (Å²) in [5.41, 5.74) is 0.958. The van der Waals surface area contributed by atoms with E-state index in [-0.39, 0.29) is 23.3 Å². The maximum atomic E-state index is 12.2. The third kappa shape index (κ3) is 3.90. The van der Waals surface area contributed by atoms with Crippen molar-refractivity contribution in [2.75, 3.05) is 19.6 Å². The van der Waals surface area contributed by atoms with Crippen LogP contribution in [0.5, 0.6) is 0 Å². The molecule has 2 aliphatic rings. The van der Waals surface area contributed by atoms with Crippen molar-refractivity contribution in [2.24, 2.45) is 5.41 Å². The van der Waals surface area contributed by atoms with Gasteiger partial charge in [0.2, 0.25) is 0 Å². The molecule has 0 bridgehead atoms. The van der Waals surface area contributed by atoms with Crippen LogP contribution in [0.3, 0.4) is 0 Å². The zero-order chi connectivity index (χ0) is 17.2. The molecule has 5 heteroatoms. The van der Waals surface area contributed by atoms with Crippen LogP contribution in [0.25, 0.3) is 0 Å². The van der Waals surface area contributed by atoms with Crippen molar-refractivity contribution < 1.29 is 14.3 Å². The lowest BCUT2D eigenvalue weighted by Gasteiger charge is -2.39. The molecule has 5 nitrogen and oxygen atoms in total. The number of benzene rings is 1. The number of nitrogens with zero attached hydrogens (tertiary/aromatic N) is 1. The Kier molecular flexibility index (Phi) is 4.83. The summed E-state index contributed by atoms with van der Waals surface area (Å²) in [6.45, 7) is 9.10. The second-order valence-electron chi connectivity index (χ2n) is 7.96. The topological polar surface area (TPSA) is 50.8 Å². The molecular weight excluding hydrogens is 304 g/mol. The van der Waals surface area contributed by atoms with Gasteiger partial charge in [-0.15, -0.1) is 0 Å². The first-order valence-electron chi connectivity index (χ1n) is 8.75. The molecule has 2 saturated heterocycles. The molecular formula is C19H28N2O3. The normalized spacial score (nSPS) is 23.5. The Labute approximate surface area is 144 Å². The molecule has 3 rings (SSSR count). The summed E-state index contributed by atoms with van der Waals surface area (Å²) in [5, 5.41) is 3.49. The van der Waals surface area contributed by atoms with Gasteiger partial charge in [0.15, 0.2) is 0 Å². The first-order chi connectivity index (χ1) is 11.4. The lowest BCUT2D eigenvalue weighted by molar-refractivity contribution is -0.104. The first kappa shape index (κ1) is 17.2. The van der Waals surface area contributed by atoms with Gasteiger partial charge in [-0.1, -0.05) is 51.1 Å². The molecule has 2 heterocycles. The zero-order valence-corrected chi connectivity index (χ0v) is 14.9. The maximum absolute atomic E-state index is 12.2. The lowest BCUT2D eigenvalue weighted by Crippen LogP contribution is -2.48. The summed E-state index contributed by atoms with van der Waals surface area (Å²) in [6, 6.07) is 9.77. The number of rotatable bonds is 2. The second-order valence-corrected chi connectivity index (χ2v) is 7.96. The standard InChI is InChI=1S/C19H28N2O3/c1-18(2,3)16-20-14-19(24-16)9-11-21(12-10-19)17(22)23-13-15-7-5-4-6-8-15/h4-8,16,20H,9-14H2,1-3H3. The van der Waals surface area contributed by atoms with E-state index in [1.165, 1.54) is 0 Å². The summed E-state index contributed by atoms with van der Waals surface area (Å²) in [4.78, 5) is 14.0. The minimum Gasteiger partial charge on any atom is -0.445 e. The van der Waals surface area contributed by atoms with Crippen molar-refractivity contribution in [3.63, 3.8) is 0 Å². The Balaban J connectivity index is 1.48. The third-order valence-corrected chi connectivity index (χ3v) is 4.90. The van der Waals surface area contributed by atoms with E-state index in [9.17, 15) is 4.79 Å². The van der Waals surface area contributed by atoms with E-state index < -0.39 is 0 Å². The van der Waals surface area contributed by atoms with Crippen molar-refractivity contribution in [3.05, 3.63) is 35.9 Å². The molecule has 132 valence electrons. The predicted octanol–water partition coefficient (Wildman–Crippen LogP) is 3.15. The van der Waals surface area contributed by atoms with Gasteiger partial charge < -0.3 is 14.4 Å². The number of hydrogen-bond acceptors (Lipinski definition) is 4. The minimum atomic E-state index is -0.230. The van der Waals surface area contributed by atoms with E-state index in [0.717, 1.165) is 24.9 Å². The van der Waals surface area contributed by atoms with Crippen LogP contribution < -0.4 is 5.32 Å². The van der Waals surface area contributed by atoms with E-state index in [1.54, 1.807) is 4.90 Å². The van der Waals surface area contributed by atoms with Gasteiger partial charge in [-0.3, -0.25) is 5.32 Å². The maximum Gasteiger partial charge on any atom is 0.410 e. The van der Waals surface area contributed by atoms with Crippen LogP contribution in [0, 0.1) is 5.41 Å². The molecule has 0 radical (unpaired) electrons. The zero-order valence-electron chi connectivity index (χ0n) is 14.9. The molecule has 1 aromatic carbocycles. The Bertz CT molecular complexity index is 560. The first-order valence-corrected chi connectivity index (χ1v) is 8.75. The fraction of sp³-hybridized carbons (Fsp3) is 0.632. The number of ether oxygens (including phenoxy) is 2. The summed E-state index contributed by atoms with van der Waals surface area (Å²) in [5.74, 6) is 0. The Morgan fingerprint density at radius 3 is 2.54 bits per heavy atom. The van der Waals surface area contributed by atoms with E-state index >= 15 is 0 Å². The van der Waals surface area contributed by atoms with E-state index in [2.05, 4.69) is 26.1 Å². The molecule has 24 heavy (non-hydrogen) atoms. The van der Waals surface area contributed by atoms with Gasteiger partial charge in [0.25, 0.3) is 0 Å². The van der Waals surface area contributed by atoms with E-state index in [4.69, 9.17) is 9.47 Å². The van der Waals surface area contributed by atoms with E-state index in [0.29, 0.717) is 19.7 Å². The smallest absolute Gasteiger partial charge is 0.410 e. The quantitative estimate of drug-likeness (QED) is 0.904. The highest BCUT2D eigenvalue weighted by Crippen LogP contribution is 2.36. The van der Waals surface area contributed by atoms with Gasteiger partial charge in [-0.25, -0.2) is 4.79 Å². The van der Waals surface area contributed by atoms with Gasteiger partial charge in [-0.2, -0.15) is 0 Å². The number of carbonyl (C=O) groups excluding carboxylic acids is 1. The Morgan fingerprint density at radius 1 is 1.29 bits per heavy atom. The van der Waals surface area contributed by atoms with Crippen LogP contribution in [-0.4, -0.2) is 42.5 Å². The molecule has 1 spiro atoms. The van der Waals surface area contributed by atoms with Gasteiger partial charge >= 0.3 is 6.09 Å². The number of carbonyl (C=O) groups is 1. The summed E-state index contributed by atoms with van der Waals surface area (Å²) in [7, 11) is 0. The van der Waals surface area contributed by atoms with Crippen LogP contribution in [0.1, 0.15) is 39.2 Å². The highest BCUT2D eigenvalue weighted by molar-refractivity contribution is 5.67. The van der Waals surface area contributed by atoms with Crippen LogP contribution in [0.4, 0.5) is 4.79 Å². The molecule has 2 fully saturated rings. The monoisotopic (exact) mass is 332 g/mol. The average Bonchev–Trinajstić information content (AvgIpc) is 2.98. The average molecular weight is 332 g/mol. The number of likely N-dealkylation sites (tertiary alicyclic amines) is 1. The fourth-order valence-electron chi connectivity index (χ4n) is 3.30. The highest BCUT2D eigenvalue weighted by Gasteiger charge is 2.46. The number of piperidine rings is 1. The third-order valence-electron chi connectivity index (χ3n) is 4.90. The lowest BCUT2D eigenvalue weighted by atomic mass is 9.92. The Hall–Kier alpha value is -1.59. The molecule has 1 amide bonds.